The number of anilines is 2. The molecule has 0 fully saturated rings. The van der Waals surface area contributed by atoms with E-state index in [4.69, 9.17) is 22.1 Å². The highest BCUT2D eigenvalue weighted by Crippen LogP contribution is 2.27. The van der Waals surface area contributed by atoms with Crippen LogP contribution in [0.3, 0.4) is 0 Å². The highest BCUT2D eigenvalue weighted by Gasteiger charge is 2.24. The number of nitrogen functional groups attached to an aromatic ring is 1. The summed E-state index contributed by atoms with van der Waals surface area (Å²) >= 11 is 5.91. The smallest absolute Gasteiger partial charge is 0.229 e. The molecule has 0 saturated heterocycles. The lowest BCUT2D eigenvalue weighted by Crippen LogP contribution is -2.35. The van der Waals surface area contributed by atoms with Crippen molar-refractivity contribution < 1.29 is 9.53 Å². The molecule has 0 bridgehead atoms. The first-order chi connectivity index (χ1) is 8.26. The van der Waals surface area contributed by atoms with Gasteiger partial charge in [0.1, 0.15) is 0 Å². The fourth-order valence-corrected chi connectivity index (χ4v) is 1.66. The summed E-state index contributed by atoms with van der Waals surface area (Å²) in [7, 11) is 3.26. The number of nitrogens with two attached hydrogens (primary N) is 1. The lowest BCUT2D eigenvalue weighted by molar-refractivity contribution is -0.123. The Hall–Kier alpha value is -1.26. The lowest BCUT2D eigenvalue weighted by Gasteiger charge is -2.26. The summed E-state index contributed by atoms with van der Waals surface area (Å²) in [4.78, 5) is 13.6. The first-order valence-electron chi connectivity index (χ1n) is 5.63. The average molecular weight is 271 g/mol. The van der Waals surface area contributed by atoms with Gasteiger partial charge in [-0.25, -0.2) is 0 Å². The van der Waals surface area contributed by atoms with Gasteiger partial charge in [-0.1, -0.05) is 11.6 Å². The Kier molecular flexibility index (Phi) is 4.59. The van der Waals surface area contributed by atoms with Crippen LogP contribution in [0, 0.1) is 0 Å². The lowest BCUT2D eigenvalue weighted by atomic mass is 10.0. The van der Waals surface area contributed by atoms with Crippen LogP contribution in [0.1, 0.15) is 20.3 Å². The van der Waals surface area contributed by atoms with Crippen molar-refractivity contribution in [2.24, 2.45) is 0 Å². The van der Waals surface area contributed by atoms with Gasteiger partial charge in [0.05, 0.1) is 23.4 Å². The highest BCUT2D eigenvalue weighted by atomic mass is 35.5. The number of methoxy groups -OCH3 is 1. The van der Waals surface area contributed by atoms with Crippen LogP contribution in [0.5, 0.6) is 0 Å². The Balaban J connectivity index is 2.90. The maximum absolute atomic E-state index is 12.1. The number of amides is 1. The number of carbonyl (C=O) groups is 1. The van der Waals surface area contributed by atoms with Crippen LogP contribution in [0.15, 0.2) is 18.2 Å². The van der Waals surface area contributed by atoms with Crippen molar-refractivity contribution in [3.05, 3.63) is 23.2 Å². The van der Waals surface area contributed by atoms with E-state index in [0.29, 0.717) is 16.4 Å². The van der Waals surface area contributed by atoms with Crippen molar-refractivity contribution in [2.45, 2.75) is 25.9 Å². The molecule has 0 radical (unpaired) electrons. The minimum Gasteiger partial charge on any atom is -0.397 e. The van der Waals surface area contributed by atoms with E-state index < -0.39 is 5.60 Å². The maximum atomic E-state index is 12.1. The minimum atomic E-state index is -0.501. The van der Waals surface area contributed by atoms with Gasteiger partial charge < -0.3 is 15.4 Å². The van der Waals surface area contributed by atoms with Crippen LogP contribution in [0.2, 0.25) is 5.02 Å². The zero-order chi connectivity index (χ0) is 13.9. The predicted octanol–water partition coefficient (Wildman–Crippen LogP) is 2.70. The number of rotatable bonds is 4. The van der Waals surface area contributed by atoms with Crippen molar-refractivity contribution >= 4 is 28.9 Å². The molecule has 0 spiro atoms. The number of hydrogen-bond donors (Lipinski definition) is 1. The standard InChI is InChI=1S/C13H19ClN2O2/c1-13(2,18-4)8-12(17)16(3)11-7-9(14)5-6-10(11)15/h5-7H,8,15H2,1-4H3. The summed E-state index contributed by atoms with van der Waals surface area (Å²) in [6.07, 6.45) is 0.270. The summed E-state index contributed by atoms with van der Waals surface area (Å²) in [6.45, 7) is 3.72. The van der Waals surface area contributed by atoms with Crippen LogP contribution < -0.4 is 10.6 Å². The van der Waals surface area contributed by atoms with E-state index in [-0.39, 0.29) is 12.3 Å². The molecule has 100 valence electrons. The Morgan fingerprint density at radius 2 is 2.11 bits per heavy atom. The van der Waals surface area contributed by atoms with E-state index in [1.165, 1.54) is 4.90 Å². The van der Waals surface area contributed by atoms with Crippen LogP contribution in [0.4, 0.5) is 11.4 Å². The second-order valence-electron chi connectivity index (χ2n) is 4.80. The van der Waals surface area contributed by atoms with Crippen LogP contribution >= 0.6 is 11.6 Å². The third-order valence-corrected chi connectivity index (χ3v) is 3.09. The summed E-state index contributed by atoms with van der Waals surface area (Å²) in [5.41, 5.74) is 6.47. The Morgan fingerprint density at radius 1 is 1.50 bits per heavy atom. The summed E-state index contributed by atoms with van der Waals surface area (Å²) in [6, 6.07) is 5.05. The van der Waals surface area contributed by atoms with Crippen molar-refractivity contribution in [1.82, 2.24) is 0 Å². The van der Waals surface area contributed by atoms with Crippen molar-refractivity contribution in [3.63, 3.8) is 0 Å². The third-order valence-electron chi connectivity index (χ3n) is 2.86. The maximum Gasteiger partial charge on any atom is 0.229 e. The van der Waals surface area contributed by atoms with Gasteiger partial charge in [0.15, 0.2) is 0 Å². The largest absolute Gasteiger partial charge is 0.397 e. The number of carbonyl (C=O) groups excluding carboxylic acids is 1. The Morgan fingerprint density at radius 3 is 2.67 bits per heavy atom. The minimum absolute atomic E-state index is 0.0733. The van der Waals surface area contributed by atoms with Crippen LogP contribution in [-0.4, -0.2) is 25.7 Å². The summed E-state index contributed by atoms with van der Waals surface area (Å²) in [5.74, 6) is -0.0733. The molecule has 5 heteroatoms. The van der Waals surface area contributed by atoms with E-state index in [2.05, 4.69) is 0 Å². The molecule has 18 heavy (non-hydrogen) atoms. The predicted molar refractivity (Wildman–Crippen MR) is 75.0 cm³/mol. The normalized spacial score (nSPS) is 11.4. The molecule has 0 aliphatic rings. The molecular weight excluding hydrogens is 252 g/mol. The van der Waals surface area contributed by atoms with E-state index in [1.807, 2.05) is 13.8 Å². The fraction of sp³-hybridized carbons (Fsp3) is 0.462. The first kappa shape index (κ1) is 14.8. The summed E-state index contributed by atoms with van der Waals surface area (Å²) in [5, 5.41) is 0.546. The van der Waals surface area contributed by atoms with Gasteiger partial charge in [-0.05, 0) is 32.0 Å². The van der Waals surface area contributed by atoms with Gasteiger partial charge in [-0.3, -0.25) is 4.79 Å². The van der Waals surface area contributed by atoms with Crippen LogP contribution in [0.25, 0.3) is 0 Å². The SMILES string of the molecule is COC(C)(C)CC(=O)N(C)c1cc(Cl)ccc1N. The molecule has 0 aromatic heterocycles. The van der Waals surface area contributed by atoms with E-state index in [1.54, 1.807) is 32.4 Å². The molecule has 4 nitrogen and oxygen atoms in total. The van der Waals surface area contributed by atoms with E-state index in [0.717, 1.165) is 0 Å². The van der Waals surface area contributed by atoms with E-state index >= 15 is 0 Å². The molecule has 2 N–H and O–H groups in total. The van der Waals surface area contributed by atoms with Gasteiger partial charge in [-0.15, -0.1) is 0 Å². The molecule has 1 aromatic carbocycles. The van der Waals surface area contributed by atoms with Gasteiger partial charge in [0.25, 0.3) is 0 Å². The van der Waals surface area contributed by atoms with Gasteiger partial charge in [0.2, 0.25) is 5.91 Å². The Bertz CT molecular complexity index is 447. The second-order valence-corrected chi connectivity index (χ2v) is 5.23. The number of nitrogens with zero attached hydrogens (tertiary/aromatic N) is 1. The van der Waals surface area contributed by atoms with Gasteiger partial charge >= 0.3 is 0 Å². The molecule has 0 heterocycles. The number of benzene rings is 1. The second kappa shape index (κ2) is 5.59. The molecule has 0 aliphatic carbocycles. The molecule has 1 aromatic rings. The molecular formula is C13H19ClN2O2. The summed E-state index contributed by atoms with van der Waals surface area (Å²) < 4.78 is 5.24. The molecule has 1 amide bonds. The highest BCUT2D eigenvalue weighted by molar-refractivity contribution is 6.31. The number of ether oxygens (including phenoxy) is 1. The number of halogens is 1. The quantitative estimate of drug-likeness (QED) is 0.856. The van der Waals surface area contributed by atoms with Gasteiger partial charge in [-0.2, -0.15) is 0 Å². The topological polar surface area (TPSA) is 55.6 Å². The molecule has 0 unspecified atom stereocenters. The zero-order valence-corrected chi connectivity index (χ0v) is 11.9. The molecule has 0 atom stereocenters. The zero-order valence-electron chi connectivity index (χ0n) is 11.2. The third kappa shape index (κ3) is 3.62. The number of hydrogen-bond acceptors (Lipinski definition) is 3. The van der Waals surface area contributed by atoms with Crippen molar-refractivity contribution in [1.29, 1.82) is 0 Å². The molecule has 1 rings (SSSR count). The van der Waals surface area contributed by atoms with Crippen LogP contribution in [-0.2, 0) is 9.53 Å². The first-order valence-corrected chi connectivity index (χ1v) is 6.01. The van der Waals surface area contributed by atoms with Crippen molar-refractivity contribution in [3.8, 4) is 0 Å². The molecule has 0 aliphatic heterocycles. The van der Waals surface area contributed by atoms with Gasteiger partial charge in [0, 0.05) is 19.2 Å². The van der Waals surface area contributed by atoms with Crippen molar-refractivity contribution in [2.75, 3.05) is 24.8 Å². The Labute approximate surface area is 113 Å². The average Bonchev–Trinajstić information content (AvgIpc) is 2.31. The molecule has 0 saturated carbocycles. The monoisotopic (exact) mass is 270 g/mol. The fourth-order valence-electron chi connectivity index (χ4n) is 1.50. The van der Waals surface area contributed by atoms with E-state index in [9.17, 15) is 4.79 Å².